The van der Waals surface area contributed by atoms with Crippen LogP contribution < -0.4 is 0 Å². The Morgan fingerprint density at radius 2 is 1.83 bits per heavy atom. The van der Waals surface area contributed by atoms with E-state index in [1.165, 1.54) is 12.3 Å². The van der Waals surface area contributed by atoms with Crippen molar-refractivity contribution in [1.82, 2.24) is 4.98 Å². The van der Waals surface area contributed by atoms with E-state index in [2.05, 4.69) is 4.98 Å². The number of hydrogen-bond donors (Lipinski definition) is 1. The highest BCUT2D eigenvalue weighted by molar-refractivity contribution is 6.39. The van der Waals surface area contributed by atoms with Crippen molar-refractivity contribution in [2.24, 2.45) is 0 Å². The molecule has 18 heavy (non-hydrogen) atoms. The van der Waals surface area contributed by atoms with Crippen LogP contribution in [0.4, 0.5) is 0 Å². The third kappa shape index (κ3) is 2.19. The lowest BCUT2D eigenvalue weighted by Crippen LogP contribution is -2.02. The summed E-state index contributed by atoms with van der Waals surface area (Å²) in [6.07, 6.45) is 1.44. The molecule has 1 aromatic heterocycles. The Morgan fingerprint density at radius 1 is 1.22 bits per heavy atom. The molecule has 0 fully saturated rings. The maximum absolute atomic E-state index is 11.1. The smallest absolute Gasteiger partial charge is 0.336 e. The molecule has 0 aliphatic carbocycles. The molecule has 3 nitrogen and oxygen atoms in total. The first-order chi connectivity index (χ1) is 8.52. The third-order valence-corrected chi connectivity index (χ3v) is 3.26. The van der Waals surface area contributed by atoms with Gasteiger partial charge in [-0.3, -0.25) is 4.98 Å². The standard InChI is InChI=1S/C13H9Cl2NO2/c1-7-8(13(17)18)5-6-16-12(7)11-9(14)3-2-4-10(11)15/h2-6H,1H3,(H,17,18). The average Bonchev–Trinajstić information content (AvgIpc) is 2.30. The molecule has 0 amide bonds. The van der Waals surface area contributed by atoms with Gasteiger partial charge in [0, 0.05) is 11.8 Å². The zero-order valence-corrected chi connectivity index (χ0v) is 11.0. The van der Waals surface area contributed by atoms with Crippen LogP contribution in [0.3, 0.4) is 0 Å². The summed E-state index contributed by atoms with van der Waals surface area (Å²) in [7, 11) is 0. The molecule has 1 heterocycles. The number of benzene rings is 1. The molecule has 2 rings (SSSR count). The minimum atomic E-state index is -1.00. The molecule has 0 spiro atoms. The normalized spacial score (nSPS) is 10.4. The molecule has 92 valence electrons. The third-order valence-electron chi connectivity index (χ3n) is 2.63. The van der Waals surface area contributed by atoms with Crippen molar-refractivity contribution in [3.63, 3.8) is 0 Å². The minimum Gasteiger partial charge on any atom is -0.478 e. The second kappa shape index (κ2) is 4.96. The SMILES string of the molecule is Cc1c(C(=O)O)ccnc1-c1c(Cl)cccc1Cl. The van der Waals surface area contributed by atoms with Gasteiger partial charge in [0.05, 0.1) is 21.3 Å². The second-order valence-electron chi connectivity index (χ2n) is 3.73. The summed E-state index contributed by atoms with van der Waals surface area (Å²) in [6.45, 7) is 1.69. The maximum atomic E-state index is 11.1. The van der Waals surface area contributed by atoms with E-state index in [9.17, 15) is 4.79 Å². The highest BCUT2D eigenvalue weighted by atomic mass is 35.5. The molecule has 0 radical (unpaired) electrons. The fourth-order valence-corrected chi connectivity index (χ4v) is 2.32. The molecule has 0 aliphatic rings. The zero-order valence-electron chi connectivity index (χ0n) is 9.45. The van der Waals surface area contributed by atoms with Gasteiger partial charge < -0.3 is 5.11 Å². The summed E-state index contributed by atoms with van der Waals surface area (Å²) in [5.41, 5.74) is 1.78. The van der Waals surface area contributed by atoms with Crippen LogP contribution in [0.2, 0.25) is 10.0 Å². The van der Waals surface area contributed by atoms with Crippen molar-refractivity contribution in [2.45, 2.75) is 6.92 Å². The van der Waals surface area contributed by atoms with E-state index in [1.807, 2.05) is 0 Å². The van der Waals surface area contributed by atoms with Gasteiger partial charge >= 0.3 is 5.97 Å². The molecule has 0 aliphatic heterocycles. The summed E-state index contributed by atoms with van der Waals surface area (Å²) in [5, 5.41) is 9.97. The van der Waals surface area contributed by atoms with Crippen LogP contribution in [-0.2, 0) is 0 Å². The van der Waals surface area contributed by atoms with Crippen molar-refractivity contribution < 1.29 is 9.90 Å². The van der Waals surface area contributed by atoms with E-state index in [0.29, 0.717) is 26.9 Å². The van der Waals surface area contributed by atoms with E-state index in [0.717, 1.165) is 0 Å². The maximum Gasteiger partial charge on any atom is 0.336 e. The van der Waals surface area contributed by atoms with Gasteiger partial charge in [-0.2, -0.15) is 0 Å². The van der Waals surface area contributed by atoms with Gasteiger partial charge in [0.2, 0.25) is 0 Å². The lowest BCUT2D eigenvalue weighted by atomic mass is 10.0. The van der Waals surface area contributed by atoms with Crippen LogP contribution >= 0.6 is 23.2 Å². The van der Waals surface area contributed by atoms with Crippen molar-refractivity contribution >= 4 is 29.2 Å². The van der Waals surface area contributed by atoms with E-state index < -0.39 is 5.97 Å². The number of carbonyl (C=O) groups is 1. The Hall–Kier alpha value is -1.58. The predicted octanol–water partition coefficient (Wildman–Crippen LogP) is 4.06. The molecular weight excluding hydrogens is 273 g/mol. The van der Waals surface area contributed by atoms with E-state index >= 15 is 0 Å². The van der Waals surface area contributed by atoms with Crippen LogP contribution in [0.25, 0.3) is 11.3 Å². The van der Waals surface area contributed by atoms with Gasteiger partial charge in [-0.1, -0.05) is 29.3 Å². The number of carboxylic acids is 1. The first-order valence-corrected chi connectivity index (χ1v) is 5.91. The molecule has 1 N–H and O–H groups in total. The van der Waals surface area contributed by atoms with E-state index in [-0.39, 0.29) is 5.56 Å². The number of hydrogen-bond acceptors (Lipinski definition) is 2. The number of pyridine rings is 1. The lowest BCUT2D eigenvalue weighted by molar-refractivity contribution is 0.0696. The van der Waals surface area contributed by atoms with Gasteiger partial charge in [-0.15, -0.1) is 0 Å². The van der Waals surface area contributed by atoms with Crippen LogP contribution in [0.5, 0.6) is 0 Å². The minimum absolute atomic E-state index is 0.191. The molecular formula is C13H9Cl2NO2. The number of aromatic nitrogens is 1. The summed E-state index contributed by atoms with van der Waals surface area (Å²) in [4.78, 5) is 15.3. The van der Waals surface area contributed by atoms with Crippen molar-refractivity contribution in [2.75, 3.05) is 0 Å². The fourth-order valence-electron chi connectivity index (χ4n) is 1.74. The molecule has 0 unspecified atom stereocenters. The second-order valence-corrected chi connectivity index (χ2v) is 4.55. The Balaban J connectivity index is 2.73. The van der Waals surface area contributed by atoms with Crippen molar-refractivity contribution in [1.29, 1.82) is 0 Å². The lowest BCUT2D eigenvalue weighted by Gasteiger charge is -2.10. The Morgan fingerprint density at radius 3 is 2.39 bits per heavy atom. The quantitative estimate of drug-likeness (QED) is 0.903. The number of rotatable bonds is 2. The van der Waals surface area contributed by atoms with Gasteiger partial charge in [0.15, 0.2) is 0 Å². The van der Waals surface area contributed by atoms with Gasteiger partial charge in [0.1, 0.15) is 0 Å². The fraction of sp³-hybridized carbons (Fsp3) is 0.0769. The van der Waals surface area contributed by atoms with E-state index in [4.69, 9.17) is 28.3 Å². The molecule has 0 saturated carbocycles. The molecule has 1 aromatic carbocycles. The number of carboxylic acid groups (broad SMARTS) is 1. The number of aromatic carboxylic acids is 1. The Kier molecular flexibility index (Phi) is 3.55. The first-order valence-electron chi connectivity index (χ1n) is 5.15. The Bertz CT molecular complexity index is 606. The number of nitrogens with zero attached hydrogens (tertiary/aromatic N) is 1. The molecule has 5 heteroatoms. The monoisotopic (exact) mass is 281 g/mol. The van der Waals surface area contributed by atoms with Gasteiger partial charge in [-0.25, -0.2) is 4.79 Å². The largest absolute Gasteiger partial charge is 0.478 e. The summed E-state index contributed by atoms with van der Waals surface area (Å²) < 4.78 is 0. The van der Waals surface area contributed by atoms with Crippen LogP contribution in [0.1, 0.15) is 15.9 Å². The zero-order chi connectivity index (χ0) is 13.3. The average molecular weight is 282 g/mol. The van der Waals surface area contributed by atoms with Crippen LogP contribution in [0.15, 0.2) is 30.5 Å². The van der Waals surface area contributed by atoms with Crippen LogP contribution in [0, 0.1) is 6.92 Å². The summed E-state index contributed by atoms with van der Waals surface area (Å²) >= 11 is 12.2. The molecule has 0 saturated heterocycles. The first kappa shape index (κ1) is 12.9. The highest BCUT2D eigenvalue weighted by Gasteiger charge is 2.16. The topological polar surface area (TPSA) is 50.2 Å². The number of halogens is 2. The van der Waals surface area contributed by atoms with Crippen molar-refractivity contribution in [3.05, 3.63) is 51.6 Å². The summed E-state index contributed by atoms with van der Waals surface area (Å²) in [5.74, 6) is -1.00. The molecule has 0 atom stereocenters. The van der Waals surface area contributed by atoms with Gasteiger partial charge in [0.25, 0.3) is 0 Å². The summed E-state index contributed by atoms with van der Waals surface area (Å²) in [6, 6.07) is 6.56. The van der Waals surface area contributed by atoms with Gasteiger partial charge in [-0.05, 0) is 30.7 Å². The van der Waals surface area contributed by atoms with E-state index in [1.54, 1.807) is 25.1 Å². The highest BCUT2D eigenvalue weighted by Crippen LogP contribution is 2.35. The molecule has 2 aromatic rings. The molecule has 0 bridgehead atoms. The van der Waals surface area contributed by atoms with Crippen LogP contribution in [-0.4, -0.2) is 16.1 Å². The Labute approximate surface area is 114 Å². The van der Waals surface area contributed by atoms with Crippen molar-refractivity contribution in [3.8, 4) is 11.3 Å². The predicted molar refractivity (Wildman–Crippen MR) is 71.4 cm³/mol.